The van der Waals surface area contributed by atoms with Crippen molar-refractivity contribution < 1.29 is 19.1 Å². The Labute approximate surface area is 126 Å². The molecule has 2 amide bonds. The lowest BCUT2D eigenvalue weighted by atomic mass is 10.3. The summed E-state index contributed by atoms with van der Waals surface area (Å²) in [7, 11) is 0. The first-order chi connectivity index (χ1) is 9.97. The summed E-state index contributed by atoms with van der Waals surface area (Å²) in [5, 5.41) is -0.483. The van der Waals surface area contributed by atoms with Gasteiger partial charge in [0, 0.05) is 6.20 Å². The minimum atomic E-state index is -0.605. The van der Waals surface area contributed by atoms with Gasteiger partial charge in [-0.15, -0.1) is 0 Å². The summed E-state index contributed by atoms with van der Waals surface area (Å²) in [4.78, 5) is 40.7. The van der Waals surface area contributed by atoms with E-state index >= 15 is 0 Å². The highest BCUT2D eigenvalue weighted by atomic mass is 32.2. The second kappa shape index (κ2) is 6.53. The maximum atomic E-state index is 12.1. The number of carbonyl (C=O) groups is 3. The molecule has 0 N–H and O–H groups in total. The zero-order valence-electron chi connectivity index (χ0n) is 11.6. The van der Waals surface area contributed by atoms with Crippen LogP contribution in [0.2, 0.25) is 0 Å². The summed E-state index contributed by atoms with van der Waals surface area (Å²) in [6, 6.07) is 5.26. The third kappa shape index (κ3) is 3.91. The highest BCUT2D eigenvalue weighted by Crippen LogP contribution is 2.31. The van der Waals surface area contributed by atoms with Crippen LogP contribution in [0.4, 0.5) is 4.79 Å². The fraction of sp³-hybridized carbons (Fsp3) is 0.286. The molecule has 0 saturated carbocycles. The standard InChI is InChI=1S/C14H14N2O4S/c1-9(2)20-12(17)8-16-13(18)11(21-14(16)19)7-10-5-3-4-6-15-10/h3-7,9H,8H2,1-2H3/b11-7-. The number of rotatable bonds is 4. The average Bonchev–Trinajstić information content (AvgIpc) is 2.67. The minimum Gasteiger partial charge on any atom is -0.462 e. The zero-order chi connectivity index (χ0) is 15.4. The van der Waals surface area contributed by atoms with Gasteiger partial charge in [-0.25, -0.2) is 0 Å². The van der Waals surface area contributed by atoms with E-state index in [1.54, 1.807) is 38.2 Å². The number of nitrogens with zero attached hydrogens (tertiary/aromatic N) is 2. The van der Waals surface area contributed by atoms with Gasteiger partial charge in [0.15, 0.2) is 0 Å². The van der Waals surface area contributed by atoms with Crippen LogP contribution in [0.15, 0.2) is 29.3 Å². The normalized spacial score (nSPS) is 16.9. The highest BCUT2D eigenvalue weighted by Gasteiger charge is 2.36. The fourth-order valence-corrected chi connectivity index (χ4v) is 2.48. The van der Waals surface area contributed by atoms with Gasteiger partial charge in [0.2, 0.25) is 0 Å². The van der Waals surface area contributed by atoms with E-state index in [-0.39, 0.29) is 17.6 Å². The molecular formula is C14H14N2O4S. The number of imide groups is 1. The van der Waals surface area contributed by atoms with Crippen molar-refractivity contribution >= 4 is 35.0 Å². The molecule has 0 aliphatic carbocycles. The molecule has 7 heteroatoms. The Morgan fingerprint density at radius 2 is 2.19 bits per heavy atom. The van der Waals surface area contributed by atoms with Gasteiger partial charge >= 0.3 is 5.97 Å². The lowest BCUT2D eigenvalue weighted by molar-refractivity contribution is -0.149. The average molecular weight is 306 g/mol. The molecule has 110 valence electrons. The number of thioether (sulfide) groups is 1. The molecule has 0 spiro atoms. The van der Waals surface area contributed by atoms with Crippen molar-refractivity contribution in [3.05, 3.63) is 35.0 Å². The van der Waals surface area contributed by atoms with E-state index in [0.29, 0.717) is 5.69 Å². The van der Waals surface area contributed by atoms with Crippen LogP contribution in [0.1, 0.15) is 19.5 Å². The predicted molar refractivity (Wildman–Crippen MR) is 78.1 cm³/mol. The van der Waals surface area contributed by atoms with Gasteiger partial charge < -0.3 is 4.74 Å². The van der Waals surface area contributed by atoms with E-state index < -0.39 is 17.1 Å². The van der Waals surface area contributed by atoms with Gasteiger partial charge in [-0.05, 0) is 43.8 Å². The highest BCUT2D eigenvalue weighted by molar-refractivity contribution is 8.18. The lowest BCUT2D eigenvalue weighted by Gasteiger charge is -2.13. The van der Waals surface area contributed by atoms with E-state index in [4.69, 9.17) is 4.74 Å². The molecule has 0 atom stereocenters. The van der Waals surface area contributed by atoms with Gasteiger partial charge in [0.25, 0.3) is 11.1 Å². The molecule has 1 saturated heterocycles. The number of aromatic nitrogens is 1. The van der Waals surface area contributed by atoms with Gasteiger partial charge in [-0.3, -0.25) is 24.3 Å². The largest absolute Gasteiger partial charge is 0.462 e. The molecule has 0 bridgehead atoms. The number of ether oxygens (including phenoxy) is 1. The van der Waals surface area contributed by atoms with Crippen molar-refractivity contribution in [2.45, 2.75) is 20.0 Å². The van der Waals surface area contributed by atoms with Crippen LogP contribution in [0, 0.1) is 0 Å². The van der Waals surface area contributed by atoms with Crippen molar-refractivity contribution in [3.63, 3.8) is 0 Å². The summed E-state index contributed by atoms with van der Waals surface area (Å²) in [6.07, 6.45) is 2.83. The first kappa shape index (κ1) is 15.2. The zero-order valence-corrected chi connectivity index (χ0v) is 12.4. The van der Waals surface area contributed by atoms with E-state index in [0.717, 1.165) is 16.7 Å². The molecule has 1 aliphatic rings. The summed E-state index contributed by atoms with van der Waals surface area (Å²) >= 11 is 0.788. The monoisotopic (exact) mass is 306 g/mol. The molecule has 21 heavy (non-hydrogen) atoms. The topological polar surface area (TPSA) is 76.6 Å². The first-order valence-corrected chi connectivity index (χ1v) is 7.15. The fourth-order valence-electron chi connectivity index (χ4n) is 1.66. The molecule has 6 nitrogen and oxygen atoms in total. The van der Waals surface area contributed by atoms with Crippen molar-refractivity contribution in [1.82, 2.24) is 9.88 Å². The summed E-state index contributed by atoms with van der Waals surface area (Å²) in [6.45, 7) is 3.03. The van der Waals surface area contributed by atoms with Crippen molar-refractivity contribution in [2.75, 3.05) is 6.54 Å². The number of hydrogen-bond donors (Lipinski definition) is 0. The lowest BCUT2D eigenvalue weighted by Crippen LogP contribution is -2.35. The van der Waals surface area contributed by atoms with Crippen LogP contribution >= 0.6 is 11.8 Å². The van der Waals surface area contributed by atoms with Crippen LogP contribution in [0.3, 0.4) is 0 Å². The second-order valence-corrected chi connectivity index (χ2v) is 5.55. The number of carbonyl (C=O) groups excluding carboxylic acids is 3. The molecular weight excluding hydrogens is 292 g/mol. The van der Waals surface area contributed by atoms with E-state index in [1.807, 2.05) is 0 Å². The summed E-state index contributed by atoms with van der Waals surface area (Å²) in [5.41, 5.74) is 0.577. The van der Waals surface area contributed by atoms with E-state index in [1.165, 1.54) is 6.08 Å². The number of hydrogen-bond acceptors (Lipinski definition) is 6. The van der Waals surface area contributed by atoms with Crippen LogP contribution in [0.25, 0.3) is 6.08 Å². The molecule has 1 aromatic rings. The minimum absolute atomic E-state index is 0.246. The smallest absolute Gasteiger partial charge is 0.326 e. The number of pyridine rings is 1. The Morgan fingerprint density at radius 1 is 1.43 bits per heavy atom. The second-order valence-electron chi connectivity index (χ2n) is 4.56. The Hall–Kier alpha value is -2.15. The van der Waals surface area contributed by atoms with Crippen LogP contribution < -0.4 is 0 Å². The van der Waals surface area contributed by atoms with Crippen LogP contribution in [0.5, 0.6) is 0 Å². The Bertz CT molecular complexity index is 598. The quantitative estimate of drug-likeness (QED) is 0.626. The van der Waals surface area contributed by atoms with Crippen molar-refractivity contribution in [3.8, 4) is 0 Å². The van der Waals surface area contributed by atoms with Crippen molar-refractivity contribution in [2.24, 2.45) is 0 Å². The SMILES string of the molecule is CC(C)OC(=O)CN1C(=O)S/C(=C\c2ccccn2)C1=O. The van der Waals surface area contributed by atoms with Gasteiger partial charge in [0.1, 0.15) is 6.54 Å². The summed E-state index contributed by atoms with van der Waals surface area (Å²) < 4.78 is 4.94. The first-order valence-electron chi connectivity index (χ1n) is 6.33. The maximum Gasteiger partial charge on any atom is 0.326 e. The third-order valence-electron chi connectivity index (χ3n) is 2.49. The molecule has 0 radical (unpaired) electrons. The number of esters is 1. The van der Waals surface area contributed by atoms with Crippen LogP contribution in [-0.2, 0) is 14.3 Å². The number of amides is 2. The predicted octanol–water partition coefficient (Wildman–Crippen LogP) is 2.07. The van der Waals surface area contributed by atoms with E-state index in [2.05, 4.69) is 4.98 Å². The molecule has 0 unspecified atom stereocenters. The Morgan fingerprint density at radius 3 is 2.81 bits per heavy atom. The van der Waals surface area contributed by atoms with E-state index in [9.17, 15) is 14.4 Å². The van der Waals surface area contributed by atoms with Gasteiger partial charge in [-0.1, -0.05) is 6.07 Å². The molecule has 1 aliphatic heterocycles. The van der Waals surface area contributed by atoms with Gasteiger partial charge in [-0.2, -0.15) is 0 Å². The Kier molecular flexibility index (Phi) is 4.74. The Balaban J connectivity index is 2.10. The molecule has 1 fully saturated rings. The molecule has 2 rings (SSSR count). The summed E-state index contributed by atoms with van der Waals surface area (Å²) in [5.74, 6) is -1.11. The third-order valence-corrected chi connectivity index (χ3v) is 3.40. The molecule has 2 heterocycles. The van der Waals surface area contributed by atoms with Crippen LogP contribution in [-0.4, -0.2) is 39.6 Å². The molecule has 1 aromatic heterocycles. The molecule has 0 aromatic carbocycles. The van der Waals surface area contributed by atoms with Crippen molar-refractivity contribution in [1.29, 1.82) is 0 Å². The maximum absolute atomic E-state index is 12.1. The van der Waals surface area contributed by atoms with Gasteiger partial charge in [0.05, 0.1) is 16.7 Å².